The second-order valence-corrected chi connectivity index (χ2v) is 6.95. The van der Waals surface area contributed by atoms with Crippen LogP contribution in [0, 0.1) is 11.7 Å². The van der Waals surface area contributed by atoms with Crippen LogP contribution in [-0.4, -0.2) is 27.5 Å². The van der Waals surface area contributed by atoms with Gasteiger partial charge in [0.2, 0.25) is 0 Å². The molecule has 5 nitrogen and oxygen atoms in total. The number of benzene rings is 2. The van der Waals surface area contributed by atoms with Crippen LogP contribution >= 0.6 is 0 Å². The fourth-order valence-corrected chi connectivity index (χ4v) is 3.06. The lowest BCUT2D eigenvalue weighted by molar-refractivity contribution is 0.0697. The first-order valence-corrected chi connectivity index (χ1v) is 9.23. The van der Waals surface area contributed by atoms with Crippen molar-refractivity contribution in [2.75, 3.05) is 6.61 Å². The van der Waals surface area contributed by atoms with Crippen LogP contribution in [0.3, 0.4) is 0 Å². The second kappa shape index (κ2) is 8.25. The lowest BCUT2D eigenvalue weighted by Gasteiger charge is -2.10. The predicted octanol–water partition coefficient (Wildman–Crippen LogP) is 5.11. The molecule has 0 fully saturated rings. The number of rotatable bonds is 7. The summed E-state index contributed by atoms with van der Waals surface area (Å²) in [7, 11) is 0. The molecule has 1 aromatic heterocycles. The van der Waals surface area contributed by atoms with E-state index in [1.54, 1.807) is 18.2 Å². The normalized spacial score (nSPS) is 11.0. The summed E-state index contributed by atoms with van der Waals surface area (Å²) < 4.78 is 21.3. The third-order valence-corrected chi connectivity index (χ3v) is 4.24. The summed E-state index contributed by atoms with van der Waals surface area (Å²) in [6, 6.07) is 12.9. The Bertz CT molecular complexity index is 995. The molecule has 28 heavy (non-hydrogen) atoms. The molecule has 146 valence electrons. The summed E-state index contributed by atoms with van der Waals surface area (Å²) in [5.41, 5.74) is 2.83. The molecule has 1 N–H and O–H groups in total. The summed E-state index contributed by atoms with van der Waals surface area (Å²) in [4.78, 5) is 11.4. The van der Waals surface area contributed by atoms with E-state index in [1.165, 1.54) is 18.2 Å². The molecule has 0 saturated heterocycles. The van der Waals surface area contributed by atoms with Crippen LogP contribution < -0.4 is 4.74 Å². The number of halogens is 1. The van der Waals surface area contributed by atoms with Crippen molar-refractivity contribution in [3.63, 3.8) is 0 Å². The zero-order valence-electron chi connectivity index (χ0n) is 16.1. The molecule has 0 atom stereocenters. The van der Waals surface area contributed by atoms with Gasteiger partial charge >= 0.3 is 5.97 Å². The van der Waals surface area contributed by atoms with Gasteiger partial charge in [0.25, 0.3) is 0 Å². The molecule has 0 aliphatic rings. The number of carboxylic acid groups (broad SMARTS) is 1. The van der Waals surface area contributed by atoms with Gasteiger partial charge in [-0.2, -0.15) is 5.10 Å². The van der Waals surface area contributed by atoms with Gasteiger partial charge in [0.15, 0.2) is 0 Å². The first kappa shape index (κ1) is 19.6. The van der Waals surface area contributed by atoms with Crippen LogP contribution in [0.25, 0.3) is 22.5 Å². The van der Waals surface area contributed by atoms with Gasteiger partial charge in [0.05, 0.1) is 23.6 Å². The quantitative estimate of drug-likeness (QED) is 0.617. The topological polar surface area (TPSA) is 64.3 Å². The lowest BCUT2D eigenvalue weighted by atomic mass is 10.0. The number of aromatic carboxylic acids is 1. The van der Waals surface area contributed by atoms with E-state index in [9.17, 15) is 14.3 Å². The Morgan fingerprint density at radius 2 is 2.00 bits per heavy atom. The van der Waals surface area contributed by atoms with E-state index in [-0.39, 0.29) is 11.4 Å². The van der Waals surface area contributed by atoms with E-state index in [2.05, 4.69) is 13.8 Å². The molecule has 2 aromatic carbocycles. The third kappa shape index (κ3) is 4.22. The van der Waals surface area contributed by atoms with Crippen molar-refractivity contribution >= 4 is 5.97 Å². The highest BCUT2D eigenvalue weighted by molar-refractivity contribution is 5.90. The van der Waals surface area contributed by atoms with Gasteiger partial charge in [-0.1, -0.05) is 26.0 Å². The average Bonchev–Trinajstić information content (AvgIpc) is 3.05. The number of hydrogen-bond donors (Lipinski definition) is 1. The molecule has 0 spiro atoms. The molecule has 0 unspecified atom stereocenters. The molecule has 6 heteroatoms. The first-order valence-electron chi connectivity index (χ1n) is 9.23. The zero-order valence-corrected chi connectivity index (χ0v) is 16.1. The van der Waals surface area contributed by atoms with Gasteiger partial charge in [-0.3, -0.25) is 4.68 Å². The minimum atomic E-state index is -1.02. The van der Waals surface area contributed by atoms with Gasteiger partial charge < -0.3 is 9.84 Å². The SMILES string of the molecule is CCOc1ccc(C(=O)O)cc1-c1cc(-c2cccc(F)c2)n(CC(C)C)n1. The minimum Gasteiger partial charge on any atom is -0.493 e. The number of hydrogen-bond acceptors (Lipinski definition) is 3. The van der Waals surface area contributed by atoms with E-state index in [4.69, 9.17) is 9.84 Å². The molecule has 0 amide bonds. The van der Waals surface area contributed by atoms with E-state index in [0.29, 0.717) is 41.6 Å². The van der Waals surface area contributed by atoms with Crippen LogP contribution in [-0.2, 0) is 6.54 Å². The van der Waals surface area contributed by atoms with Gasteiger partial charge in [0, 0.05) is 17.7 Å². The second-order valence-electron chi connectivity index (χ2n) is 6.95. The van der Waals surface area contributed by atoms with Crippen LogP contribution in [0.5, 0.6) is 5.75 Å². The van der Waals surface area contributed by atoms with Crippen LogP contribution in [0.1, 0.15) is 31.1 Å². The maximum atomic E-state index is 13.8. The molecular weight excluding hydrogens is 359 g/mol. The summed E-state index contributed by atoms with van der Waals surface area (Å²) in [6.07, 6.45) is 0. The van der Waals surface area contributed by atoms with Gasteiger partial charge in [-0.25, -0.2) is 9.18 Å². The Kier molecular flexibility index (Phi) is 5.78. The van der Waals surface area contributed by atoms with Gasteiger partial charge in [-0.15, -0.1) is 0 Å². The minimum absolute atomic E-state index is 0.157. The monoisotopic (exact) mass is 382 g/mol. The van der Waals surface area contributed by atoms with Gasteiger partial charge in [-0.05, 0) is 49.2 Å². The van der Waals surface area contributed by atoms with E-state index in [1.807, 2.05) is 23.7 Å². The molecule has 0 saturated carbocycles. The Morgan fingerprint density at radius 1 is 1.21 bits per heavy atom. The molecule has 0 aliphatic heterocycles. The highest BCUT2D eigenvalue weighted by Crippen LogP contribution is 2.34. The molecule has 0 bridgehead atoms. The summed E-state index contributed by atoms with van der Waals surface area (Å²) in [6.45, 7) is 7.11. The first-order chi connectivity index (χ1) is 13.4. The van der Waals surface area contributed by atoms with Crippen molar-refractivity contribution in [2.24, 2.45) is 5.92 Å². The Labute approximate surface area is 163 Å². The Balaban J connectivity index is 2.17. The average molecular weight is 382 g/mol. The summed E-state index contributed by atoms with van der Waals surface area (Å²) in [5, 5.41) is 14.0. The Morgan fingerprint density at radius 3 is 2.64 bits per heavy atom. The van der Waals surface area contributed by atoms with Crippen LogP contribution in [0.4, 0.5) is 4.39 Å². The summed E-state index contributed by atoms with van der Waals surface area (Å²) >= 11 is 0. The van der Waals surface area contributed by atoms with Crippen molar-refractivity contribution in [1.29, 1.82) is 0 Å². The van der Waals surface area contributed by atoms with Gasteiger partial charge in [0.1, 0.15) is 11.6 Å². The highest BCUT2D eigenvalue weighted by Gasteiger charge is 2.18. The van der Waals surface area contributed by atoms with E-state index >= 15 is 0 Å². The molecule has 0 radical (unpaired) electrons. The van der Waals surface area contributed by atoms with E-state index in [0.717, 1.165) is 5.69 Å². The molecule has 0 aliphatic carbocycles. The van der Waals surface area contributed by atoms with Crippen LogP contribution in [0.2, 0.25) is 0 Å². The molecule has 1 heterocycles. The van der Waals surface area contributed by atoms with Crippen molar-refractivity contribution in [1.82, 2.24) is 9.78 Å². The predicted molar refractivity (Wildman–Crippen MR) is 106 cm³/mol. The fourth-order valence-electron chi connectivity index (χ4n) is 3.06. The third-order valence-electron chi connectivity index (χ3n) is 4.24. The van der Waals surface area contributed by atoms with Crippen molar-refractivity contribution < 1.29 is 19.0 Å². The van der Waals surface area contributed by atoms with Crippen LogP contribution in [0.15, 0.2) is 48.5 Å². The molecular formula is C22H23FN2O3. The van der Waals surface area contributed by atoms with Crippen molar-refractivity contribution in [3.8, 4) is 28.3 Å². The maximum absolute atomic E-state index is 13.8. The number of carboxylic acids is 1. The number of carbonyl (C=O) groups is 1. The number of aromatic nitrogens is 2. The van der Waals surface area contributed by atoms with Crippen molar-refractivity contribution in [3.05, 3.63) is 59.9 Å². The maximum Gasteiger partial charge on any atom is 0.335 e. The Hall–Kier alpha value is -3.15. The fraction of sp³-hybridized carbons (Fsp3) is 0.273. The smallest absolute Gasteiger partial charge is 0.335 e. The standard InChI is InChI=1S/C22H23FN2O3/c1-4-28-21-9-8-16(22(26)27)11-18(21)19-12-20(25(24-19)13-14(2)3)15-6-5-7-17(23)10-15/h5-12,14H,4,13H2,1-3H3,(H,26,27). The largest absolute Gasteiger partial charge is 0.493 e. The number of ether oxygens (including phenoxy) is 1. The van der Waals surface area contributed by atoms with E-state index < -0.39 is 5.97 Å². The molecule has 3 aromatic rings. The number of nitrogens with zero attached hydrogens (tertiary/aromatic N) is 2. The summed E-state index contributed by atoms with van der Waals surface area (Å²) in [5.74, 6) is -0.445. The lowest BCUT2D eigenvalue weighted by Crippen LogP contribution is -2.08. The highest BCUT2D eigenvalue weighted by atomic mass is 19.1. The molecule has 3 rings (SSSR count). The van der Waals surface area contributed by atoms with Crippen molar-refractivity contribution in [2.45, 2.75) is 27.3 Å². The zero-order chi connectivity index (χ0) is 20.3.